The number of hydrogen-bond acceptors (Lipinski definition) is 0. The molecule has 98 valence electrons. The van der Waals surface area contributed by atoms with Crippen LogP contribution in [0.25, 0.3) is 10.9 Å². The second-order valence-electron chi connectivity index (χ2n) is 6.62. The number of nitrogens with one attached hydrogen (secondary N) is 1. The summed E-state index contributed by atoms with van der Waals surface area (Å²) in [5.74, 6) is 0. The number of aryl methyl sites for hydroxylation is 3. The van der Waals surface area contributed by atoms with Crippen molar-refractivity contribution in [3.63, 3.8) is 0 Å². The van der Waals surface area contributed by atoms with Crippen LogP contribution in [0.5, 0.6) is 0 Å². The summed E-state index contributed by atoms with van der Waals surface area (Å²) in [6.45, 7) is 18.1. The number of aromatic amines is 1. The number of H-pyrrole nitrogens is 1. The predicted octanol–water partition coefficient (Wildman–Crippen LogP) is 5.01. The first kappa shape index (κ1) is 13.2. The third kappa shape index (κ3) is 1.68. The Hall–Kier alpha value is -1.24. The van der Waals surface area contributed by atoms with E-state index >= 15 is 0 Å². The second-order valence-corrected chi connectivity index (χ2v) is 6.62. The highest BCUT2D eigenvalue weighted by atomic mass is 14.7. The lowest BCUT2D eigenvalue weighted by atomic mass is 9.79. The Balaban J connectivity index is 3.07. The van der Waals surface area contributed by atoms with Crippen LogP contribution in [0.3, 0.4) is 0 Å². The molecule has 1 aromatic carbocycles. The fourth-order valence-electron chi connectivity index (χ4n) is 3.16. The van der Waals surface area contributed by atoms with Crippen LogP contribution in [0.2, 0.25) is 0 Å². The molecular formula is C17H25N. The molecule has 1 nitrogen and oxygen atoms in total. The fraction of sp³-hybridized carbons (Fsp3) is 0.529. The Labute approximate surface area is 111 Å². The van der Waals surface area contributed by atoms with Crippen molar-refractivity contribution in [2.24, 2.45) is 0 Å². The Kier molecular flexibility index (Phi) is 2.84. The van der Waals surface area contributed by atoms with Gasteiger partial charge in [-0.3, -0.25) is 0 Å². The van der Waals surface area contributed by atoms with Gasteiger partial charge in [-0.15, -0.1) is 0 Å². The van der Waals surface area contributed by atoms with Crippen molar-refractivity contribution < 1.29 is 0 Å². The summed E-state index contributed by atoms with van der Waals surface area (Å²) in [5.41, 5.74) is 9.99. The van der Waals surface area contributed by atoms with Crippen LogP contribution >= 0.6 is 0 Å². The molecule has 0 radical (unpaired) electrons. The number of benzene rings is 1. The van der Waals surface area contributed by atoms with Crippen LogP contribution in [-0.2, 0) is 5.41 Å². The van der Waals surface area contributed by atoms with Crippen LogP contribution in [0, 0.1) is 34.6 Å². The van der Waals surface area contributed by atoms with E-state index in [9.17, 15) is 0 Å². The van der Waals surface area contributed by atoms with Gasteiger partial charge in [0, 0.05) is 11.1 Å². The highest BCUT2D eigenvalue weighted by molar-refractivity contribution is 5.92. The van der Waals surface area contributed by atoms with Gasteiger partial charge in [-0.25, -0.2) is 0 Å². The molecule has 1 aromatic heterocycles. The topological polar surface area (TPSA) is 15.8 Å². The van der Waals surface area contributed by atoms with Crippen molar-refractivity contribution >= 4 is 10.9 Å². The van der Waals surface area contributed by atoms with Gasteiger partial charge in [0.15, 0.2) is 0 Å². The highest BCUT2D eigenvalue weighted by Crippen LogP contribution is 2.38. The molecule has 0 bridgehead atoms. The molecule has 0 spiro atoms. The van der Waals surface area contributed by atoms with Crippen LogP contribution in [0.1, 0.15) is 54.3 Å². The summed E-state index contributed by atoms with van der Waals surface area (Å²) < 4.78 is 0. The third-order valence-electron chi connectivity index (χ3n) is 4.38. The third-order valence-corrected chi connectivity index (χ3v) is 4.38. The van der Waals surface area contributed by atoms with Crippen LogP contribution < -0.4 is 0 Å². The Bertz CT molecular complexity index is 622. The van der Waals surface area contributed by atoms with Crippen molar-refractivity contribution in [1.82, 2.24) is 4.98 Å². The molecule has 0 atom stereocenters. The molecule has 1 heterocycles. The Morgan fingerprint density at radius 1 is 0.722 bits per heavy atom. The number of aromatic nitrogens is 1. The molecule has 0 saturated carbocycles. The van der Waals surface area contributed by atoms with E-state index in [0.29, 0.717) is 0 Å². The molecule has 0 aliphatic carbocycles. The Morgan fingerprint density at radius 3 is 1.78 bits per heavy atom. The summed E-state index contributed by atoms with van der Waals surface area (Å²) in [4.78, 5) is 3.61. The van der Waals surface area contributed by atoms with Crippen molar-refractivity contribution in [3.05, 3.63) is 33.5 Å². The van der Waals surface area contributed by atoms with Crippen molar-refractivity contribution in [2.75, 3.05) is 0 Å². The average Bonchev–Trinajstić information content (AvgIpc) is 2.50. The van der Waals surface area contributed by atoms with Gasteiger partial charge in [-0.2, -0.15) is 0 Å². The van der Waals surface area contributed by atoms with Gasteiger partial charge >= 0.3 is 0 Å². The number of rotatable bonds is 0. The van der Waals surface area contributed by atoms with Gasteiger partial charge in [-0.1, -0.05) is 20.8 Å². The van der Waals surface area contributed by atoms with Gasteiger partial charge in [0.05, 0.1) is 5.52 Å². The minimum absolute atomic E-state index is 0.171. The summed E-state index contributed by atoms with van der Waals surface area (Å²) in [5, 5.41) is 1.43. The van der Waals surface area contributed by atoms with E-state index in [2.05, 4.69) is 60.4 Å². The molecule has 0 saturated heterocycles. The van der Waals surface area contributed by atoms with Gasteiger partial charge in [0.2, 0.25) is 0 Å². The molecule has 2 rings (SSSR count). The summed E-state index contributed by atoms with van der Waals surface area (Å²) in [7, 11) is 0. The van der Waals surface area contributed by atoms with Crippen molar-refractivity contribution in [2.45, 2.75) is 60.8 Å². The average molecular weight is 243 g/mol. The van der Waals surface area contributed by atoms with Gasteiger partial charge in [0.25, 0.3) is 0 Å². The normalized spacial score (nSPS) is 12.4. The van der Waals surface area contributed by atoms with Gasteiger partial charge in [0.1, 0.15) is 0 Å². The number of fused-ring (bicyclic) bond motifs is 1. The molecule has 0 amide bonds. The zero-order chi connectivity index (χ0) is 13.8. The van der Waals surface area contributed by atoms with E-state index in [1.165, 1.54) is 44.4 Å². The first-order valence-electron chi connectivity index (χ1n) is 6.75. The molecule has 0 aliphatic heterocycles. The van der Waals surface area contributed by atoms with Crippen molar-refractivity contribution in [1.29, 1.82) is 0 Å². The van der Waals surface area contributed by atoms with E-state index in [-0.39, 0.29) is 5.41 Å². The van der Waals surface area contributed by atoms with Crippen LogP contribution in [-0.4, -0.2) is 4.98 Å². The monoisotopic (exact) mass is 243 g/mol. The molecule has 0 fully saturated rings. The van der Waals surface area contributed by atoms with Gasteiger partial charge in [-0.05, 0) is 67.9 Å². The van der Waals surface area contributed by atoms with E-state index < -0.39 is 0 Å². The molecule has 1 heteroatoms. The largest absolute Gasteiger partial charge is 0.358 e. The quantitative estimate of drug-likeness (QED) is 0.669. The SMILES string of the molecule is Cc1[nH]c2c(C(C)(C)C)c(C)c(C)c(C)c2c1C. The van der Waals surface area contributed by atoms with Crippen molar-refractivity contribution in [3.8, 4) is 0 Å². The fourth-order valence-corrected chi connectivity index (χ4v) is 3.16. The Morgan fingerprint density at radius 2 is 1.28 bits per heavy atom. The van der Waals surface area contributed by atoms with Crippen LogP contribution in [0.4, 0.5) is 0 Å². The molecule has 1 N–H and O–H groups in total. The first-order chi connectivity index (χ1) is 8.16. The second kappa shape index (κ2) is 3.88. The highest BCUT2D eigenvalue weighted by Gasteiger charge is 2.24. The summed E-state index contributed by atoms with van der Waals surface area (Å²) in [6.07, 6.45) is 0. The van der Waals surface area contributed by atoms with E-state index in [1.54, 1.807) is 0 Å². The summed E-state index contributed by atoms with van der Waals surface area (Å²) in [6, 6.07) is 0. The maximum Gasteiger partial charge on any atom is 0.0502 e. The van der Waals surface area contributed by atoms with E-state index in [1.807, 2.05) is 0 Å². The maximum atomic E-state index is 3.61. The lowest BCUT2D eigenvalue weighted by Gasteiger charge is -2.25. The lowest BCUT2D eigenvalue weighted by molar-refractivity contribution is 0.590. The standard InChI is InChI=1S/C17H25N/c1-9-10(2)14-12(4)13(5)18-16(14)15(11(9)3)17(6,7)8/h18H,1-8H3. The van der Waals surface area contributed by atoms with E-state index in [4.69, 9.17) is 0 Å². The number of hydrogen-bond donors (Lipinski definition) is 1. The molecule has 0 unspecified atom stereocenters. The minimum atomic E-state index is 0.171. The van der Waals surface area contributed by atoms with Crippen LogP contribution in [0.15, 0.2) is 0 Å². The smallest absolute Gasteiger partial charge is 0.0502 e. The first-order valence-corrected chi connectivity index (χ1v) is 6.75. The lowest BCUT2D eigenvalue weighted by Crippen LogP contribution is -2.15. The van der Waals surface area contributed by atoms with Gasteiger partial charge < -0.3 is 4.98 Å². The minimum Gasteiger partial charge on any atom is -0.358 e. The summed E-state index contributed by atoms with van der Waals surface area (Å²) >= 11 is 0. The predicted molar refractivity (Wildman–Crippen MR) is 80.7 cm³/mol. The molecule has 2 aromatic rings. The zero-order valence-electron chi connectivity index (χ0n) is 13.0. The maximum absolute atomic E-state index is 3.61. The molecular weight excluding hydrogens is 218 g/mol. The van der Waals surface area contributed by atoms with E-state index in [0.717, 1.165) is 0 Å². The molecule has 0 aliphatic rings. The zero-order valence-corrected chi connectivity index (χ0v) is 13.0. The molecule has 18 heavy (non-hydrogen) atoms.